The summed E-state index contributed by atoms with van der Waals surface area (Å²) in [5.41, 5.74) is -3.38. The fourth-order valence-electron chi connectivity index (χ4n) is 3.85. The molecule has 228 valence electrons. The second-order valence-electron chi connectivity index (χ2n) is 8.74. The molecular weight excluding hydrogens is 602 g/mol. The van der Waals surface area contributed by atoms with Crippen LogP contribution in [0.1, 0.15) is 62.1 Å². The third-order valence-corrected chi connectivity index (χ3v) is 5.79. The second-order valence-corrected chi connectivity index (χ2v) is 8.74. The molecule has 0 aliphatic heterocycles. The Hall–Kier alpha value is -6.97. The quantitative estimate of drug-likeness (QED) is 0.126. The number of aromatic nitrogens is 1. The average molecular weight is 619 g/mol. The summed E-state index contributed by atoms with van der Waals surface area (Å²) in [7, 11) is 0. The molecule has 0 aliphatic rings. The molecule has 16 heteroatoms. The number of hydrogen-bond acceptors (Lipinski definition) is 10. The topological polar surface area (TPSA) is 264 Å². The highest BCUT2D eigenvalue weighted by atomic mass is 16.5. The van der Waals surface area contributed by atoms with E-state index in [2.05, 4.69) is 4.98 Å². The Labute approximate surface area is 249 Å². The van der Waals surface area contributed by atoms with Crippen LogP contribution in [-0.4, -0.2) is 71.4 Å². The standard InChI is InChI=1S/C29H17NO15/c31-24(32)16-4-1-12(7-19(16)27(37)38)43-15-10-22(44-13-2-5-17(25(33)34)20(8-13)28(39)40)30-23(11-15)45-14-3-6-18(26(35)36)21(9-14)29(41)42/h1-11H,(H,31,32)(H,33,34)(H,35,36)(H,37,38)(H,39,40)(H,41,42). The summed E-state index contributed by atoms with van der Waals surface area (Å²) >= 11 is 0. The van der Waals surface area contributed by atoms with E-state index in [4.69, 9.17) is 14.2 Å². The highest BCUT2D eigenvalue weighted by Gasteiger charge is 2.21. The van der Waals surface area contributed by atoms with Crippen molar-refractivity contribution >= 4 is 35.8 Å². The molecule has 0 fully saturated rings. The average Bonchev–Trinajstić information content (AvgIpc) is 2.96. The van der Waals surface area contributed by atoms with Gasteiger partial charge in [0.2, 0.25) is 11.8 Å². The molecule has 16 nitrogen and oxygen atoms in total. The normalized spacial score (nSPS) is 10.4. The van der Waals surface area contributed by atoms with Gasteiger partial charge in [-0.2, -0.15) is 4.98 Å². The minimum Gasteiger partial charge on any atom is -0.478 e. The first kappa shape index (κ1) is 31.0. The van der Waals surface area contributed by atoms with E-state index in [1.165, 1.54) is 0 Å². The first-order valence-corrected chi connectivity index (χ1v) is 12.1. The summed E-state index contributed by atoms with van der Waals surface area (Å²) in [6.45, 7) is 0. The minimum absolute atomic E-state index is 0.154. The lowest BCUT2D eigenvalue weighted by molar-refractivity contribution is 0.0651. The van der Waals surface area contributed by atoms with E-state index >= 15 is 0 Å². The third-order valence-electron chi connectivity index (χ3n) is 5.79. The van der Waals surface area contributed by atoms with Crippen molar-refractivity contribution in [2.24, 2.45) is 0 Å². The van der Waals surface area contributed by atoms with E-state index in [1.54, 1.807) is 0 Å². The zero-order chi connectivity index (χ0) is 33.0. The van der Waals surface area contributed by atoms with Crippen LogP contribution in [0.5, 0.6) is 34.8 Å². The first-order valence-electron chi connectivity index (χ1n) is 12.1. The van der Waals surface area contributed by atoms with Crippen LogP contribution in [0.25, 0.3) is 0 Å². The van der Waals surface area contributed by atoms with E-state index in [1.807, 2.05) is 0 Å². The smallest absolute Gasteiger partial charge is 0.336 e. The number of rotatable bonds is 12. The maximum Gasteiger partial charge on any atom is 0.336 e. The molecule has 4 aromatic rings. The molecule has 6 N–H and O–H groups in total. The molecule has 45 heavy (non-hydrogen) atoms. The monoisotopic (exact) mass is 619 g/mol. The van der Waals surface area contributed by atoms with Crippen molar-refractivity contribution in [3.63, 3.8) is 0 Å². The maximum atomic E-state index is 11.6. The fourth-order valence-corrected chi connectivity index (χ4v) is 3.85. The summed E-state index contributed by atoms with van der Waals surface area (Å²) in [5.74, 6) is -10.6. The van der Waals surface area contributed by atoms with Gasteiger partial charge in [-0.25, -0.2) is 28.8 Å². The largest absolute Gasteiger partial charge is 0.478 e. The summed E-state index contributed by atoms with van der Waals surface area (Å²) in [6.07, 6.45) is 0. The molecule has 3 aromatic carbocycles. The van der Waals surface area contributed by atoms with E-state index in [0.717, 1.165) is 66.7 Å². The highest BCUT2D eigenvalue weighted by Crippen LogP contribution is 2.34. The zero-order valence-corrected chi connectivity index (χ0v) is 22.2. The predicted octanol–water partition coefficient (Wildman–Crippen LogP) is 4.65. The predicted molar refractivity (Wildman–Crippen MR) is 146 cm³/mol. The molecule has 0 bridgehead atoms. The van der Waals surface area contributed by atoms with Gasteiger partial charge in [0.25, 0.3) is 0 Å². The van der Waals surface area contributed by atoms with Gasteiger partial charge in [0.05, 0.1) is 33.4 Å². The van der Waals surface area contributed by atoms with Crippen molar-refractivity contribution in [1.82, 2.24) is 4.98 Å². The Balaban J connectivity index is 1.78. The second kappa shape index (κ2) is 12.5. The van der Waals surface area contributed by atoms with Crippen LogP contribution in [0.2, 0.25) is 0 Å². The Morgan fingerprint density at radius 1 is 0.378 bits per heavy atom. The molecule has 0 unspecified atom stereocenters. The minimum atomic E-state index is -1.56. The number of nitrogens with zero attached hydrogens (tertiary/aromatic N) is 1. The number of hydrogen-bond donors (Lipinski definition) is 6. The number of carbonyl (C=O) groups is 6. The number of aromatic carboxylic acids is 6. The van der Waals surface area contributed by atoms with Crippen LogP contribution < -0.4 is 14.2 Å². The van der Waals surface area contributed by atoms with Gasteiger partial charge in [-0.15, -0.1) is 0 Å². The van der Waals surface area contributed by atoms with Crippen LogP contribution in [0.4, 0.5) is 0 Å². The molecule has 0 radical (unpaired) electrons. The number of benzene rings is 3. The Morgan fingerprint density at radius 3 is 0.956 bits per heavy atom. The van der Waals surface area contributed by atoms with Gasteiger partial charge in [0.15, 0.2) is 0 Å². The Morgan fingerprint density at radius 2 is 0.667 bits per heavy atom. The van der Waals surface area contributed by atoms with Gasteiger partial charge in [-0.05, 0) is 54.6 Å². The molecule has 1 aromatic heterocycles. The molecule has 0 amide bonds. The van der Waals surface area contributed by atoms with Gasteiger partial charge in [0, 0.05) is 12.1 Å². The van der Waals surface area contributed by atoms with Crippen molar-refractivity contribution < 1.29 is 73.6 Å². The van der Waals surface area contributed by atoms with Gasteiger partial charge < -0.3 is 44.8 Å². The van der Waals surface area contributed by atoms with Gasteiger partial charge >= 0.3 is 35.8 Å². The summed E-state index contributed by atoms with van der Waals surface area (Å²) < 4.78 is 16.9. The van der Waals surface area contributed by atoms with E-state index in [9.17, 15) is 59.4 Å². The third kappa shape index (κ3) is 7.09. The Kier molecular flexibility index (Phi) is 8.60. The molecule has 4 rings (SSSR count). The van der Waals surface area contributed by atoms with Crippen LogP contribution in [-0.2, 0) is 0 Å². The van der Waals surface area contributed by atoms with Gasteiger partial charge in [0.1, 0.15) is 23.0 Å². The van der Waals surface area contributed by atoms with Crippen molar-refractivity contribution in [3.05, 3.63) is 100 Å². The lowest BCUT2D eigenvalue weighted by Gasteiger charge is -2.13. The van der Waals surface area contributed by atoms with E-state index < -0.39 is 69.2 Å². The van der Waals surface area contributed by atoms with Crippen molar-refractivity contribution in [2.45, 2.75) is 0 Å². The van der Waals surface area contributed by atoms with Gasteiger partial charge in [-0.1, -0.05) is 0 Å². The lowest BCUT2D eigenvalue weighted by atomic mass is 10.1. The van der Waals surface area contributed by atoms with E-state index in [-0.39, 0.29) is 34.8 Å². The molecule has 1 heterocycles. The number of carboxylic acids is 6. The maximum absolute atomic E-state index is 11.6. The summed E-state index contributed by atoms with van der Waals surface area (Å²) in [4.78, 5) is 73.1. The number of ether oxygens (including phenoxy) is 3. The van der Waals surface area contributed by atoms with Gasteiger partial charge in [-0.3, -0.25) is 0 Å². The van der Waals surface area contributed by atoms with Crippen LogP contribution in [0.3, 0.4) is 0 Å². The molecule has 0 atom stereocenters. The van der Waals surface area contributed by atoms with Crippen molar-refractivity contribution in [3.8, 4) is 34.8 Å². The highest BCUT2D eigenvalue weighted by molar-refractivity contribution is 6.03. The molecule has 0 saturated carbocycles. The zero-order valence-electron chi connectivity index (χ0n) is 22.2. The van der Waals surface area contributed by atoms with Crippen molar-refractivity contribution in [1.29, 1.82) is 0 Å². The molecular formula is C29H17NO15. The molecule has 0 aliphatic carbocycles. The van der Waals surface area contributed by atoms with Crippen LogP contribution in [0.15, 0.2) is 66.7 Å². The Bertz CT molecular complexity index is 1680. The lowest BCUT2D eigenvalue weighted by Crippen LogP contribution is -2.08. The number of carboxylic acid groups (broad SMARTS) is 6. The molecule has 0 spiro atoms. The number of pyridine rings is 1. The summed E-state index contributed by atoms with van der Waals surface area (Å²) in [6, 6.07) is 11.4. The first-order chi connectivity index (χ1) is 21.2. The summed E-state index contributed by atoms with van der Waals surface area (Å²) in [5, 5.41) is 56.1. The fraction of sp³-hybridized carbons (Fsp3) is 0. The van der Waals surface area contributed by atoms with E-state index in [0.29, 0.717) is 0 Å². The van der Waals surface area contributed by atoms with Crippen LogP contribution in [0, 0.1) is 0 Å². The molecule has 0 saturated heterocycles. The van der Waals surface area contributed by atoms with Crippen molar-refractivity contribution in [2.75, 3.05) is 0 Å². The van der Waals surface area contributed by atoms with Crippen LogP contribution >= 0.6 is 0 Å². The SMILES string of the molecule is O=C(O)c1ccc(Oc2cc(Oc3ccc(C(=O)O)c(C(=O)O)c3)nc(Oc3ccc(C(=O)O)c(C(=O)O)c3)c2)cc1C(=O)O.